The van der Waals surface area contributed by atoms with Gasteiger partial charge < -0.3 is 4.90 Å². The van der Waals surface area contributed by atoms with E-state index in [0.717, 1.165) is 31.2 Å². The molecule has 1 atom stereocenters. The molecule has 2 aromatic rings. The van der Waals surface area contributed by atoms with Gasteiger partial charge in [-0.15, -0.1) is 0 Å². The van der Waals surface area contributed by atoms with Gasteiger partial charge in [-0.1, -0.05) is 93.1 Å². The Hall–Kier alpha value is -2.33. The summed E-state index contributed by atoms with van der Waals surface area (Å²) in [7, 11) is 0. The normalized spacial score (nSPS) is 22.7. The van der Waals surface area contributed by atoms with Crippen LogP contribution in [0.25, 0.3) is 11.1 Å². The molecule has 1 unspecified atom stereocenters. The average Bonchev–Trinajstić information content (AvgIpc) is 3.62. The van der Waals surface area contributed by atoms with Gasteiger partial charge in [-0.05, 0) is 36.8 Å². The lowest BCUT2D eigenvalue weighted by Gasteiger charge is -2.41. The van der Waals surface area contributed by atoms with Gasteiger partial charge in [-0.2, -0.15) is 5.06 Å². The Labute approximate surface area is 179 Å². The van der Waals surface area contributed by atoms with Crippen LogP contribution in [0.15, 0.2) is 54.6 Å². The lowest BCUT2D eigenvalue weighted by molar-refractivity contribution is 0.0727. The van der Waals surface area contributed by atoms with Crippen molar-refractivity contribution in [3.63, 3.8) is 0 Å². The van der Waals surface area contributed by atoms with Crippen molar-refractivity contribution in [3.05, 3.63) is 60.2 Å². The standard InChI is InChI=1S/C26H32N2O2/c29-26(27(23-12-6-2-7-13-23)24-14-8-3-9-15-24)28-25(30-28)22-18-16-21(17-19-22)20-10-4-1-5-11-20/h1,4-5,10-11,16-19,23-25H,2-3,6-9,12-15H2. The second kappa shape index (κ2) is 8.81. The number of benzene rings is 2. The number of nitrogens with zero attached hydrogens (tertiary/aromatic N) is 2. The second-order valence-corrected chi connectivity index (χ2v) is 9.05. The average molecular weight is 405 g/mol. The summed E-state index contributed by atoms with van der Waals surface area (Å²) in [4.78, 5) is 21.5. The van der Waals surface area contributed by atoms with E-state index in [9.17, 15) is 4.79 Å². The van der Waals surface area contributed by atoms with Crippen LogP contribution in [-0.4, -0.2) is 28.1 Å². The highest BCUT2D eigenvalue weighted by atomic mass is 16.8. The number of carbonyl (C=O) groups excluding carboxylic acids is 1. The molecule has 0 bridgehead atoms. The van der Waals surface area contributed by atoms with Gasteiger partial charge in [0.2, 0.25) is 6.23 Å². The van der Waals surface area contributed by atoms with Crippen LogP contribution >= 0.6 is 0 Å². The van der Waals surface area contributed by atoms with E-state index < -0.39 is 0 Å². The topological polar surface area (TPSA) is 35.9 Å². The highest BCUT2D eigenvalue weighted by molar-refractivity contribution is 5.76. The van der Waals surface area contributed by atoms with Crippen LogP contribution in [0, 0.1) is 0 Å². The Morgan fingerprint density at radius 2 is 1.27 bits per heavy atom. The Morgan fingerprint density at radius 3 is 1.83 bits per heavy atom. The van der Waals surface area contributed by atoms with E-state index in [1.54, 1.807) is 5.06 Å². The Kier molecular flexibility index (Phi) is 5.76. The van der Waals surface area contributed by atoms with Crippen molar-refractivity contribution < 1.29 is 9.63 Å². The second-order valence-electron chi connectivity index (χ2n) is 9.05. The molecule has 0 spiro atoms. The highest BCUT2D eigenvalue weighted by Gasteiger charge is 2.47. The van der Waals surface area contributed by atoms with Crippen molar-refractivity contribution in [2.75, 3.05) is 0 Å². The number of rotatable bonds is 4. The van der Waals surface area contributed by atoms with Crippen molar-refractivity contribution in [2.24, 2.45) is 0 Å². The van der Waals surface area contributed by atoms with Crippen molar-refractivity contribution >= 4 is 6.03 Å². The maximum absolute atomic E-state index is 13.5. The molecule has 2 saturated carbocycles. The molecule has 4 heteroatoms. The van der Waals surface area contributed by atoms with E-state index in [1.807, 2.05) is 6.07 Å². The van der Waals surface area contributed by atoms with Crippen LogP contribution in [0.1, 0.15) is 76.0 Å². The van der Waals surface area contributed by atoms with Crippen molar-refractivity contribution in [2.45, 2.75) is 82.5 Å². The molecule has 4 nitrogen and oxygen atoms in total. The molecule has 2 aromatic carbocycles. The first-order chi connectivity index (χ1) is 14.8. The van der Waals surface area contributed by atoms with Gasteiger partial charge in [0, 0.05) is 17.6 Å². The number of hydrogen-bond donors (Lipinski definition) is 0. The molecule has 5 rings (SSSR count). The maximum Gasteiger partial charge on any atom is 0.347 e. The fourth-order valence-corrected chi connectivity index (χ4v) is 5.34. The zero-order valence-corrected chi connectivity index (χ0v) is 17.7. The van der Waals surface area contributed by atoms with E-state index in [1.165, 1.54) is 49.7 Å². The van der Waals surface area contributed by atoms with Gasteiger partial charge in [0.05, 0.1) is 0 Å². The van der Waals surface area contributed by atoms with E-state index >= 15 is 0 Å². The molecular weight excluding hydrogens is 372 g/mol. The van der Waals surface area contributed by atoms with Gasteiger partial charge in [0.15, 0.2) is 0 Å². The quantitative estimate of drug-likeness (QED) is 0.532. The molecule has 30 heavy (non-hydrogen) atoms. The summed E-state index contributed by atoms with van der Waals surface area (Å²) < 4.78 is 0. The largest absolute Gasteiger partial charge is 0.347 e. The molecule has 2 amide bonds. The first kappa shape index (κ1) is 19.6. The fourth-order valence-electron chi connectivity index (χ4n) is 5.34. The van der Waals surface area contributed by atoms with E-state index in [2.05, 4.69) is 53.4 Å². The molecule has 1 aliphatic heterocycles. The predicted molar refractivity (Wildman–Crippen MR) is 119 cm³/mol. The molecule has 3 aliphatic rings. The van der Waals surface area contributed by atoms with E-state index in [-0.39, 0.29) is 12.3 Å². The van der Waals surface area contributed by atoms with Gasteiger partial charge >= 0.3 is 6.03 Å². The number of hydroxylamine groups is 2. The minimum Gasteiger partial charge on any atom is -0.317 e. The van der Waals surface area contributed by atoms with Crippen LogP contribution in [0.2, 0.25) is 0 Å². The molecule has 158 valence electrons. The van der Waals surface area contributed by atoms with E-state index in [0.29, 0.717) is 12.1 Å². The molecule has 0 aromatic heterocycles. The summed E-state index contributed by atoms with van der Waals surface area (Å²) in [6.07, 6.45) is 11.9. The van der Waals surface area contributed by atoms with Gasteiger partial charge in [-0.25, -0.2) is 9.63 Å². The van der Waals surface area contributed by atoms with Gasteiger partial charge in [0.25, 0.3) is 0 Å². The predicted octanol–water partition coefficient (Wildman–Crippen LogP) is 6.69. The number of amides is 2. The summed E-state index contributed by atoms with van der Waals surface area (Å²) in [6.45, 7) is 0. The Morgan fingerprint density at radius 1 is 0.733 bits per heavy atom. The van der Waals surface area contributed by atoms with E-state index in [4.69, 9.17) is 4.84 Å². The fraction of sp³-hybridized carbons (Fsp3) is 0.500. The SMILES string of the molecule is O=C(N1OC1c1ccc(-c2ccccc2)cc1)N(C1CCCCC1)C1CCCCC1. The Balaban J connectivity index is 1.29. The van der Waals surface area contributed by atoms with Crippen molar-refractivity contribution in [3.8, 4) is 11.1 Å². The zero-order chi connectivity index (χ0) is 20.3. The third kappa shape index (κ3) is 4.11. The molecule has 3 fully saturated rings. The zero-order valence-electron chi connectivity index (χ0n) is 17.7. The van der Waals surface area contributed by atoms with Crippen LogP contribution in [0.5, 0.6) is 0 Å². The summed E-state index contributed by atoms with van der Waals surface area (Å²) in [5.74, 6) is 0. The third-order valence-electron chi connectivity index (χ3n) is 7.03. The van der Waals surface area contributed by atoms with Crippen LogP contribution in [0.4, 0.5) is 4.79 Å². The molecule has 0 radical (unpaired) electrons. The highest BCUT2D eigenvalue weighted by Crippen LogP contribution is 2.41. The molecule has 0 N–H and O–H groups in total. The lowest BCUT2D eigenvalue weighted by Crippen LogP contribution is -2.50. The van der Waals surface area contributed by atoms with Crippen LogP contribution < -0.4 is 0 Å². The van der Waals surface area contributed by atoms with Crippen molar-refractivity contribution in [1.29, 1.82) is 0 Å². The third-order valence-corrected chi connectivity index (χ3v) is 7.03. The maximum atomic E-state index is 13.5. The minimum absolute atomic E-state index is 0.0888. The van der Waals surface area contributed by atoms with Gasteiger partial charge in [-0.3, -0.25) is 0 Å². The molecule has 2 aliphatic carbocycles. The summed E-state index contributed by atoms with van der Waals surface area (Å²) in [5, 5.41) is 1.61. The van der Waals surface area contributed by atoms with Crippen molar-refractivity contribution in [1.82, 2.24) is 9.96 Å². The number of hydrogen-bond acceptors (Lipinski definition) is 2. The number of carbonyl (C=O) groups is 1. The Bertz CT molecular complexity index is 821. The molecular formula is C26H32N2O2. The monoisotopic (exact) mass is 404 g/mol. The summed E-state index contributed by atoms with van der Waals surface area (Å²) in [6, 6.07) is 19.7. The van der Waals surface area contributed by atoms with Gasteiger partial charge in [0.1, 0.15) is 0 Å². The molecule has 1 saturated heterocycles. The summed E-state index contributed by atoms with van der Waals surface area (Å²) >= 11 is 0. The van der Waals surface area contributed by atoms with Crippen LogP contribution in [-0.2, 0) is 4.84 Å². The summed E-state index contributed by atoms with van der Waals surface area (Å²) in [5.41, 5.74) is 3.44. The molecule has 1 heterocycles. The number of urea groups is 1. The minimum atomic E-state index is -0.239. The van der Waals surface area contributed by atoms with Crippen LogP contribution in [0.3, 0.4) is 0 Å². The smallest absolute Gasteiger partial charge is 0.317 e. The lowest BCUT2D eigenvalue weighted by atomic mass is 9.89. The first-order valence-electron chi connectivity index (χ1n) is 11.7. The first-order valence-corrected chi connectivity index (χ1v) is 11.7.